The minimum Gasteiger partial charge on any atom is -0.452 e. The number of rotatable bonds is 1. The van der Waals surface area contributed by atoms with Crippen molar-refractivity contribution in [3.05, 3.63) is 3.90 Å². The largest absolute Gasteiger partial charge is 0.452 e. The van der Waals surface area contributed by atoms with Crippen LogP contribution < -0.4 is 4.74 Å². The first-order valence-electron chi connectivity index (χ1n) is 1.86. The van der Waals surface area contributed by atoms with Crippen molar-refractivity contribution >= 4 is 22.6 Å². The molecule has 0 unspecified atom stereocenters. The summed E-state index contributed by atoms with van der Waals surface area (Å²) >= 11 is 1.90. The number of nitrogens with zero attached hydrogens (tertiary/aromatic N) is 2. The fraction of sp³-hybridized carbons (Fsp3) is 0.333. The molecule has 1 aromatic heterocycles. The van der Waals surface area contributed by atoms with Gasteiger partial charge in [0, 0.05) is 22.6 Å². The summed E-state index contributed by atoms with van der Waals surface area (Å²) in [6, 6.07) is 0. The van der Waals surface area contributed by atoms with Crippen molar-refractivity contribution in [2.24, 2.45) is 0 Å². The van der Waals surface area contributed by atoms with Gasteiger partial charge in [-0.2, -0.15) is 0 Å². The molecule has 0 bridgehead atoms. The molecule has 5 heteroatoms. The van der Waals surface area contributed by atoms with Gasteiger partial charge in [-0.25, -0.2) is 0 Å². The SMILES string of the molecule is COc1nnc(I)o1. The van der Waals surface area contributed by atoms with Gasteiger partial charge in [0.2, 0.25) is 0 Å². The predicted molar refractivity (Wildman–Crippen MR) is 33.6 cm³/mol. The molecular formula is C3H3IN2O2. The summed E-state index contributed by atoms with van der Waals surface area (Å²) in [4.78, 5) is 0. The van der Waals surface area contributed by atoms with Gasteiger partial charge in [0.05, 0.1) is 7.11 Å². The maximum absolute atomic E-state index is 4.77. The highest BCUT2D eigenvalue weighted by Crippen LogP contribution is 2.07. The second-order valence-corrected chi connectivity index (χ2v) is 1.95. The molecule has 1 heterocycles. The molecule has 8 heavy (non-hydrogen) atoms. The molecule has 0 atom stereocenters. The average molecular weight is 226 g/mol. The molecule has 0 aliphatic rings. The summed E-state index contributed by atoms with van der Waals surface area (Å²) in [5.74, 6) is 0. The van der Waals surface area contributed by atoms with Gasteiger partial charge in [0.1, 0.15) is 0 Å². The van der Waals surface area contributed by atoms with Crippen molar-refractivity contribution in [2.45, 2.75) is 0 Å². The van der Waals surface area contributed by atoms with E-state index in [0.717, 1.165) is 0 Å². The van der Waals surface area contributed by atoms with Gasteiger partial charge >= 0.3 is 6.08 Å². The van der Waals surface area contributed by atoms with E-state index in [-0.39, 0.29) is 6.08 Å². The predicted octanol–water partition coefficient (Wildman–Crippen LogP) is 0.683. The summed E-state index contributed by atoms with van der Waals surface area (Å²) < 4.78 is 9.85. The first-order valence-corrected chi connectivity index (χ1v) is 2.94. The Labute approximate surface area is 59.4 Å². The lowest BCUT2D eigenvalue weighted by Crippen LogP contribution is -1.79. The molecule has 0 fully saturated rings. The van der Waals surface area contributed by atoms with Crippen molar-refractivity contribution in [3.8, 4) is 6.08 Å². The lowest BCUT2D eigenvalue weighted by atomic mass is 11.3. The smallest absolute Gasteiger partial charge is 0.414 e. The molecule has 0 spiro atoms. The molecular weight excluding hydrogens is 223 g/mol. The summed E-state index contributed by atoms with van der Waals surface area (Å²) in [5, 5.41) is 7.02. The van der Waals surface area contributed by atoms with Crippen LogP contribution >= 0.6 is 22.6 Å². The van der Waals surface area contributed by atoms with E-state index in [4.69, 9.17) is 4.42 Å². The molecule has 0 N–H and O–H groups in total. The molecule has 0 aliphatic heterocycles. The van der Waals surface area contributed by atoms with Crippen LogP contribution in [0.5, 0.6) is 6.08 Å². The Morgan fingerprint density at radius 2 is 2.38 bits per heavy atom. The van der Waals surface area contributed by atoms with Crippen LogP contribution in [0.4, 0.5) is 0 Å². The number of hydrogen-bond donors (Lipinski definition) is 0. The topological polar surface area (TPSA) is 48.2 Å². The molecule has 0 saturated carbocycles. The Morgan fingerprint density at radius 1 is 1.62 bits per heavy atom. The van der Waals surface area contributed by atoms with E-state index >= 15 is 0 Å². The highest BCUT2D eigenvalue weighted by atomic mass is 127. The van der Waals surface area contributed by atoms with Crippen LogP contribution in [0.25, 0.3) is 0 Å². The summed E-state index contributed by atoms with van der Waals surface area (Å²) in [6.07, 6.45) is 0.203. The third-order valence-corrected chi connectivity index (χ3v) is 0.992. The zero-order chi connectivity index (χ0) is 5.98. The number of methoxy groups -OCH3 is 1. The molecule has 0 aliphatic carbocycles. The highest BCUT2D eigenvalue weighted by Gasteiger charge is 1.98. The first-order chi connectivity index (χ1) is 3.83. The third kappa shape index (κ3) is 1.09. The third-order valence-electron chi connectivity index (χ3n) is 0.556. The van der Waals surface area contributed by atoms with Gasteiger partial charge < -0.3 is 9.15 Å². The van der Waals surface area contributed by atoms with Crippen LogP contribution in [0.1, 0.15) is 0 Å². The Balaban J connectivity index is 2.84. The maximum Gasteiger partial charge on any atom is 0.414 e. The van der Waals surface area contributed by atoms with Gasteiger partial charge in [-0.1, -0.05) is 10.2 Å². The van der Waals surface area contributed by atoms with Crippen LogP contribution in [0.2, 0.25) is 0 Å². The van der Waals surface area contributed by atoms with Crippen molar-refractivity contribution in [2.75, 3.05) is 7.11 Å². The summed E-state index contributed by atoms with van der Waals surface area (Å²) in [5.41, 5.74) is 0. The first kappa shape index (κ1) is 5.80. The van der Waals surface area contributed by atoms with Crippen LogP contribution in [-0.4, -0.2) is 17.3 Å². The minimum absolute atomic E-state index is 0.203. The lowest BCUT2D eigenvalue weighted by molar-refractivity contribution is 0.283. The average Bonchev–Trinajstić information content (AvgIpc) is 2.14. The molecule has 0 amide bonds. The van der Waals surface area contributed by atoms with Crippen LogP contribution in [0, 0.1) is 3.90 Å². The zero-order valence-corrected chi connectivity index (χ0v) is 6.25. The van der Waals surface area contributed by atoms with Gasteiger partial charge in [-0.3, -0.25) is 0 Å². The van der Waals surface area contributed by atoms with Crippen molar-refractivity contribution in [3.63, 3.8) is 0 Å². The molecule has 4 nitrogen and oxygen atoms in total. The summed E-state index contributed by atoms with van der Waals surface area (Å²) in [7, 11) is 1.48. The summed E-state index contributed by atoms with van der Waals surface area (Å²) in [6.45, 7) is 0. The monoisotopic (exact) mass is 226 g/mol. The minimum atomic E-state index is 0.203. The second kappa shape index (κ2) is 2.29. The van der Waals surface area contributed by atoms with Crippen molar-refractivity contribution < 1.29 is 9.15 Å². The van der Waals surface area contributed by atoms with E-state index in [1.165, 1.54) is 7.11 Å². The van der Waals surface area contributed by atoms with Crippen LogP contribution in [-0.2, 0) is 0 Å². The Kier molecular flexibility index (Phi) is 1.66. The highest BCUT2D eigenvalue weighted by molar-refractivity contribution is 14.1. The Bertz CT molecular complexity index is 176. The Hall–Kier alpha value is -0.330. The molecule has 44 valence electrons. The molecule has 1 aromatic rings. The van der Waals surface area contributed by atoms with Gasteiger partial charge in [-0.15, -0.1) is 0 Å². The lowest BCUT2D eigenvalue weighted by Gasteiger charge is -1.82. The molecule has 0 radical (unpaired) electrons. The van der Waals surface area contributed by atoms with Crippen molar-refractivity contribution in [1.82, 2.24) is 10.2 Å². The number of hydrogen-bond acceptors (Lipinski definition) is 4. The fourth-order valence-corrected chi connectivity index (χ4v) is 0.572. The molecule has 0 saturated heterocycles. The van der Waals surface area contributed by atoms with Gasteiger partial charge in [0.15, 0.2) is 0 Å². The number of ether oxygens (including phenoxy) is 1. The van der Waals surface area contributed by atoms with E-state index in [0.29, 0.717) is 3.90 Å². The second-order valence-electron chi connectivity index (χ2n) is 1.03. The van der Waals surface area contributed by atoms with E-state index in [2.05, 4.69) is 14.9 Å². The van der Waals surface area contributed by atoms with Gasteiger partial charge in [0.25, 0.3) is 3.90 Å². The molecule has 0 aromatic carbocycles. The maximum atomic E-state index is 4.77. The molecule has 1 rings (SSSR count). The standard InChI is InChI=1S/C3H3IN2O2/c1-7-3-6-5-2(4)8-3/h1H3. The van der Waals surface area contributed by atoms with E-state index < -0.39 is 0 Å². The van der Waals surface area contributed by atoms with Gasteiger partial charge in [-0.05, 0) is 0 Å². The van der Waals surface area contributed by atoms with Crippen LogP contribution in [0.3, 0.4) is 0 Å². The van der Waals surface area contributed by atoms with Crippen LogP contribution in [0.15, 0.2) is 4.42 Å². The van der Waals surface area contributed by atoms with E-state index in [1.807, 2.05) is 22.6 Å². The van der Waals surface area contributed by atoms with E-state index in [9.17, 15) is 0 Å². The zero-order valence-electron chi connectivity index (χ0n) is 4.09. The van der Waals surface area contributed by atoms with Crippen molar-refractivity contribution in [1.29, 1.82) is 0 Å². The fourth-order valence-electron chi connectivity index (χ4n) is 0.275. The normalized spacial score (nSPS) is 9.25. The number of aromatic nitrogens is 2. The Morgan fingerprint density at radius 3 is 2.62 bits per heavy atom. The van der Waals surface area contributed by atoms with E-state index in [1.54, 1.807) is 0 Å². The number of halogens is 1. The quantitative estimate of drug-likeness (QED) is 0.660.